The molecule has 0 fully saturated rings. The van der Waals surface area contributed by atoms with Gasteiger partial charge in [-0.2, -0.15) is 4.99 Å². The maximum Gasteiger partial charge on any atom is 0.240 e. The predicted octanol–water partition coefficient (Wildman–Crippen LogP) is 5.09. The lowest BCUT2D eigenvalue weighted by Crippen LogP contribution is -1.88. The summed E-state index contributed by atoms with van der Waals surface area (Å²) in [6.45, 7) is 0. The fourth-order valence-corrected chi connectivity index (χ4v) is 2.27. The van der Waals surface area contributed by atoms with E-state index in [0.29, 0.717) is 0 Å². The van der Waals surface area contributed by atoms with Crippen molar-refractivity contribution in [1.29, 1.82) is 0 Å². The summed E-state index contributed by atoms with van der Waals surface area (Å²) in [5.41, 5.74) is 0.275. The van der Waals surface area contributed by atoms with Gasteiger partial charge in [-0.05, 0) is 6.07 Å². The summed E-state index contributed by atoms with van der Waals surface area (Å²) in [4.78, 5) is 12.6. The van der Waals surface area contributed by atoms with E-state index in [1.54, 1.807) is 0 Å². The third-order valence-electron chi connectivity index (χ3n) is 1.56. The van der Waals surface area contributed by atoms with Crippen LogP contribution in [0.5, 0.6) is 0 Å². The first-order valence-electron chi connectivity index (χ1n) is 3.52. The van der Waals surface area contributed by atoms with Gasteiger partial charge >= 0.3 is 0 Å². The second-order valence-electron chi connectivity index (χ2n) is 2.42. The number of halogens is 5. The standard InChI is InChI=1S/C8H2Cl5NO/c9-3-1-4(10)7(14-2-15)5(6(3)11)8(12)13/h1,8H. The summed E-state index contributed by atoms with van der Waals surface area (Å²) < 4.78 is 0. The minimum Gasteiger partial charge on any atom is -0.211 e. The quantitative estimate of drug-likeness (QED) is 0.324. The molecule has 0 aliphatic heterocycles. The normalized spacial score (nSPS) is 10.3. The molecule has 0 unspecified atom stereocenters. The summed E-state index contributed by atoms with van der Waals surface area (Å²) in [6.07, 6.45) is 1.34. The molecule has 0 radical (unpaired) electrons. The van der Waals surface area contributed by atoms with Crippen LogP contribution in [-0.4, -0.2) is 6.08 Å². The molecule has 2 nitrogen and oxygen atoms in total. The van der Waals surface area contributed by atoms with Crippen LogP contribution >= 0.6 is 58.0 Å². The van der Waals surface area contributed by atoms with Crippen molar-refractivity contribution >= 4 is 69.8 Å². The summed E-state index contributed by atoms with van der Waals surface area (Å²) in [6, 6.07) is 1.35. The Bertz CT molecular complexity index is 439. The Morgan fingerprint density at radius 2 is 1.80 bits per heavy atom. The first kappa shape index (κ1) is 13.1. The highest BCUT2D eigenvalue weighted by Crippen LogP contribution is 2.45. The average molecular weight is 305 g/mol. The number of hydrogen-bond donors (Lipinski definition) is 0. The number of nitrogens with zero attached hydrogens (tertiary/aromatic N) is 1. The molecule has 0 aliphatic carbocycles. The first-order valence-corrected chi connectivity index (χ1v) is 5.53. The summed E-state index contributed by atoms with van der Waals surface area (Å²) in [7, 11) is 0. The van der Waals surface area contributed by atoms with Gasteiger partial charge in [-0.3, -0.25) is 0 Å². The molecule has 0 amide bonds. The lowest BCUT2D eigenvalue weighted by atomic mass is 10.2. The predicted molar refractivity (Wildman–Crippen MR) is 63.7 cm³/mol. The van der Waals surface area contributed by atoms with Crippen molar-refractivity contribution in [1.82, 2.24) is 0 Å². The monoisotopic (exact) mass is 303 g/mol. The largest absolute Gasteiger partial charge is 0.240 e. The van der Waals surface area contributed by atoms with Crippen LogP contribution in [0.4, 0.5) is 5.69 Å². The van der Waals surface area contributed by atoms with E-state index < -0.39 is 4.84 Å². The van der Waals surface area contributed by atoms with Crippen molar-refractivity contribution in [3.05, 3.63) is 26.7 Å². The van der Waals surface area contributed by atoms with E-state index in [2.05, 4.69) is 4.99 Å². The van der Waals surface area contributed by atoms with Gasteiger partial charge in [0.1, 0.15) is 10.5 Å². The van der Waals surface area contributed by atoms with Gasteiger partial charge < -0.3 is 0 Å². The maximum atomic E-state index is 10.2. The highest BCUT2D eigenvalue weighted by Gasteiger charge is 2.20. The molecular formula is C8H2Cl5NO. The Morgan fingerprint density at radius 3 is 2.27 bits per heavy atom. The molecule has 15 heavy (non-hydrogen) atoms. The third kappa shape index (κ3) is 2.79. The van der Waals surface area contributed by atoms with E-state index >= 15 is 0 Å². The van der Waals surface area contributed by atoms with Crippen LogP contribution < -0.4 is 0 Å². The number of hydrogen-bond acceptors (Lipinski definition) is 2. The third-order valence-corrected chi connectivity index (χ3v) is 3.08. The fourth-order valence-electron chi connectivity index (χ4n) is 0.963. The Hall–Kier alpha value is 0.0500. The zero-order valence-corrected chi connectivity index (χ0v) is 10.7. The molecule has 0 heterocycles. The van der Waals surface area contributed by atoms with Gasteiger partial charge in [-0.1, -0.05) is 58.0 Å². The first-order chi connectivity index (χ1) is 6.99. The van der Waals surface area contributed by atoms with E-state index in [0.717, 1.165) is 0 Å². The van der Waals surface area contributed by atoms with E-state index in [1.165, 1.54) is 12.1 Å². The summed E-state index contributed by atoms with van der Waals surface area (Å²) >= 11 is 28.7. The summed E-state index contributed by atoms with van der Waals surface area (Å²) in [5.74, 6) is 0. The topological polar surface area (TPSA) is 29.4 Å². The van der Waals surface area contributed by atoms with Gasteiger partial charge in [0.2, 0.25) is 6.08 Å². The number of rotatable bonds is 2. The van der Waals surface area contributed by atoms with Gasteiger partial charge in [0.15, 0.2) is 0 Å². The molecule has 0 saturated carbocycles. The highest BCUT2D eigenvalue weighted by atomic mass is 35.5. The van der Waals surface area contributed by atoms with Crippen LogP contribution in [0.1, 0.15) is 10.4 Å². The maximum absolute atomic E-state index is 10.2. The highest BCUT2D eigenvalue weighted by molar-refractivity contribution is 6.49. The Balaban J connectivity index is 3.61. The molecule has 1 aromatic rings. The van der Waals surface area contributed by atoms with Crippen LogP contribution in [0.25, 0.3) is 0 Å². The number of isocyanates is 1. The van der Waals surface area contributed by atoms with Gasteiger partial charge in [-0.25, -0.2) is 4.79 Å². The smallest absolute Gasteiger partial charge is 0.211 e. The number of benzene rings is 1. The van der Waals surface area contributed by atoms with E-state index in [4.69, 9.17) is 58.0 Å². The molecule has 0 spiro atoms. The molecule has 7 heteroatoms. The van der Waals surface area contributed by atoms with Crippen LogP contribution in [0.3, 0.4) is 0 Å². The van der Waals surface area contributed by atoms with Crippen LogP contribution in [0.2, 0.25) is 15.1 Å². The number of alkyl halides is 2. The van der Waals surface area contributed by atoms with Crippen molar-refractivity contribution in [2.75, 3.05) is 0 Å². The molecule has 80 valence electrons. The minimum absolute atomic E-state index is 0.0797. The minimum atomic E-state index is -0.985. The van der Waals surface area contributed by atoms with Crippen molar-refractivity contribution in [3.8, 4) is 0 Å². The second-order valence-corrected chi connectivity index (χ2v) is 4.71. The van der Waals surface area contributed by atoms with Gasteiger partial charge in [0, 0.05) is 5.56 Å². The Morgan fingerprint density at radius 1 is 1.20 bits per heavy atom. The van der Waals surface area contributed by atoms with Crippen LogP contribution in [0.15, 0.2) is 11.1 Å². The van der Waals surface area contributed by atoms with Crippen LogP contribution in [-0.2, 0) is 4.79 Å². The van der Waals surface area contributed by atoms with Crippen molar-refractivity contribution < 1.29 is 4.79 Å². The Labute approximate surface area is 111 Å². The number of aliphatic imine (C=N–C) groups is 1. The lowest BCUT2D eigenvalue weighted by molar-refractivity contribution is 0.565. The van der Waals surface area contributed by atoms with E-state index in [-0.39, 0.29) is 26.3 Å². The van der Waals surface area contributed by atoms with Gasteiger partial charge in [0.25, 0.3) is 0 Å². The van der Waals surface area contributed by atoms with E-state index in [1.807, 2.05) is 0 Å². The molecule has 0 atom stereocenters. The molecule has 1 rings (SSSR count). The van der Waals surface area contributed by atoms with Crippen LogP contribution in [0, 0.1) is 0 Å². The lowest BCUT2D eigenvalue weighted by Gasteiger charge is -2.10. The molecule has 0 bridgehead atoms. The SMILES string of the molecule is O=C=Nc1c(Cl)cc(Cl)c(Cl)c1C(Cl)Cl. The molecular weight excluding hydrogens is 303 g/mol. The van der Waals surface area contributed by atoms with Crippen molar-refractivity contribution in [3.63, 3.8) is 0 Å². The molecule has 0 aliphatic rings. The fraction of sp³-hybridized carbons (Fsp3) is 0.125. The molecule has 0 saturated heterocycles. The van der Waals surface area contributed by atoms with Crippen molar-refractivity contribution in [2.45, 2.75) is 4.84 Å². The summed E-state index contributed by atoms with van der Waals surface area (Å²) in [5, 5.41) is 0.437. The Kier molecular flexibility index (Phi) is 4.72. The second kappa shape index (κ2) is 5.40. The average Bonchev–Trinajstić information content (AvgIpc) is 2.14. The zero-order valence-electron chi connectivity index (χ0n) is 6.90. The molecule has 0 N–H and O–H groups in total. The zero-order chi connectivity index (χ0) is 11.6. The van der Waals surface area contributed by atoms with Crippen molar-refractivity contribution in [2.24, 2.45) is 4.99 Å². The number of carbonyl (C=O) groups excluding carboxylic acids is 1. The van der Waals surface area contributed by atoms with Gasteiger partial charge in [0.05, 0.1) is 15.1 Å². The van der Waals surface area contributed by atoms with E-state index in [9.17, 15) is 4.79 Å². The molecule has 1 aromatic carbocycles. The molecule has 0 aromatic heterocycles. The van der Waals surface area contributed by atoms with Gasteiger partial charge in [-0.15, -0.1) is 0 Å².